The molecule has 4 rings (SSSR count). The molecule has 0 spiro atoms. The number of anilines is 2. The molecule has 0 aliphatic rings. The number of nitrogens with zero attached hydrogens (tertiary/aromatic N) is 2. The number of aromatic nitrogens is 3. The van der Waals surface area contributed by atoms with Crippen LogP contribution in [0.25, 0.3) is 22.5 Å². The highest BCUT2D eigenvalue weighted by Crippen LogP contribution is 2.32. The number of aromatic amines is 1. The summed E-state index contributed by atoms with van der Waals surface area (Å²) in [5.74, 6) is 0.944. The van der Waals surface area contributed by atoms with E-state index in [1.807, 2.05) is 73.1 Å². The summed E-state index contributed by atoms with van der Waals surface area (Å²) >= 11 is 0. The van der Waals surface area contributed by atoms with Gasteiger partial charge in [-0.15, -0.1) is 0 Å². The molecule has 0 aliphatic heterocycles. The Hall–Kier alpha value is -3.40. The molecule has 0 aliphatic carbocycles. The first kappa shape index (κ1) is 15.1. The Kier molecular flexibility index (Phi) is 4.01. The Morgan fingerprint density at radius 3 is 2.52 bits per heavy atom. The minimum Gasteiger partial charge on any atom is -0.347 e. The molecule has 2 N–H and O–H groups in total. The van der Waals surface area contributed by atoms with Crippen molar-refractivity contribution < 1.29 is 0 Å². The molecular formula is C21H18N4. The lowest BCUT2D eigenvalue weighted by molar-refractivity contribution is 1.27. The van der Waals surface area contributed by atoms with Crippen LogP contribution in [0.1, 0.15) is 5.56 Å². The molecule has 0 atom stereocenters. The summed E-state index contributed by atoms with van der Waals surface area (Å²) in [7, 11) is 0. The smallest absolute Gasteiger partial charge is 0.117 e. The van der Waals surface area contributed by atoms with Crippen molar-refractivity contribution in [3.8, 4) is 22.5 Å². The summed E-state index contributed by atoms with van der Waals surface area (Å²) in [6.07, 6.45) is 5.60. The van der Waals surface area contributed by atoms with Gasteiger partial charge in [0.05, 0.1) is 11.4 Å². The number of pyridine rings is 2. The third-order valence-corrected chi connectivity index (χ3v) is 4.08. The van der Waals surface area contributed by atoms with Crippen molar-refractivity contribution in [1.29, 1.82) is 0 Å². The highest BCUT2D eigenvalue weighted by Gasteiger charge is 2.13. The Bertz CT molecular complexity index is 975. The first-order valence-corrected chi connectivity index (χ1v) is 8.19. The Morgan fingerprint density at radius 1 is 0.880 bits per heavy atom. The van der Waals surface area contributed by atoms with Gasteiger partial charge in [0.1, 0.15) is 5.82 Å². The lowest BCUT2D eigenvalue weighted by atomic mass is 10.1. The van der Waals surface area contributed by atoms with Crippen LogP contribution in [0, 0.1) is 6.92 Å². The van der Waals surface area contributed by atoms with E-state index in [0.717, 1.165) is 39.6 Å². The van der Waals surface area contributed by atoms with Crippen molar-refractivity contribution in [1.82, 2.24) is 15.0 Å². The van der Waals surface area contributed by atoms with Gasteiger partial charge in [0.25, 0.3) is 0 Å². The lowest BCUT2D eigenvalue weighted by Crippen LogP contribution is -1.95. The monoisotopic (exact) mass is 326 g/mol. The number of hydrogen-bond acceptors (Lipinski definition) is 3. The summed E-state index contributed by atoms with van der Waals surface area (Å²) in [5.41, 5.74) is 6.11. The third kappa shape index (κ3) is 3.15. The van der Waals surface area contributed by atoms with Crippen LogP contribution in [-0.2, 0) is 0 Å². The van der Waals surface area contributed by atoms with Gasteiger partial charge >= 0.3 is 0 Å². The zero-order chi connectivity index (χ0) is 17.1. The van der Waals surface area contributed by atoms with Crippen LogP contribution in [0.15, 0.2) is 79.3 Å². The molecule has 0 saturated heterocycles. The molecule has 3 aromatic heterocycles. The summed E-state index contributed by atoms with van der Waals surface area (Å²) in [6, 6.07) is 20.1. The van der Waals surface area contributed by atoms with E-state index in [9.17, 15) is 0 Å². The zero-order valence-electron chi connectivity index (χ0n) is 13.9. The molecule has 4 nitrogen and oxygen atoms in total. The second kappa shape index (κ2) is 6.61. The average Bonchev–Trinajstić information content (AvgIpc) is 3.03. The highest BCUT2D eigenvalue weighted by molar-refractivity contribution is 5.80. The number of nitrogens with one attached hydrogen (secondary N) is 2. The quantitative estimate of drug-likeness (QED) is 0.542. The van der Waals surface area contributed by atoms with E-state index in [-0.39, 0.29) is 0 Å². The Morgan fingerprint density at radius 2 is 1.72 bits per heavy atom. The molecule has 1 aromatic carbocycles. The van der Waals surface area contributed by atoms with Crippen molar-refractivity contribution >= 4 is 11.5 Å². The molecular weight excluding hydrogens is 308 g/mol. The van der Waals surface area contributed by atoms with Crippen molar-refractivity contribution in [3.63, 3.8) is 0 Å². The van der Waals surface area contributed by atoms with Gasteiger partial charge in [-0.2, -0.15) is 0 Å². The van der Waals surface area contributed by atoms with Gasteiger partial charge < -0.3 is 10.3 Å². The fourth-order valence-electron chi connectivity index (χ4n) is 2.87. The minimum atomic E-state index is 0.914. The number of H-pyrrole nitrogens is 1. The maximum atomic E-state index is 4.85. The van der Waals surface area contributed by atoms with Gasteiger partial charge in [-0.05, 0) is 48.9 Å². The third-order valence-electron chi connectivity index (χ3n) is 4.08. The highest BCUT2D eigenvalue weighted by atomic mass is 15.0. The van der Waals surface area contributed by atoms with E-state index in [0.29, 0.717) is 0 Å². The van der Waals surface area contributed by atoms with E-state index in [1.165, 1.54) is 0 Å². The summed E-state index contributed by atoms with van der Waals surface area (Å²) in [4.78, 5) is 12.4. The lowest BCUT2D eigenvalue weighted by Gasteiger charge is -2.10. The number of hydrogen-bond donors (Lipinski definition) is 2. The predicted molar refractivity (Wildman–Crippen MR) is 102 cm³/mol. The SMILES string of the molecule is Cc1c[nH]c(Nc2ccccc2)c1-c1cccc(-c2cccnc2)n1. The van der Waals surface area contributed by atoms with Gasteiger partial charge in [0, 0.05) is 35.4 Å². The van der Waals surface area contributed by atoms with Gasteiger partial charge in [0.2, 0.25) is 0 Å². The molecule has 4 heteroatoms. The molecule has 122 valence electrons. The molecule has 4 aromatic rings. The summed E-state index contributed by atoms with van der Waals surface area (Å²) < 4.78 is 0. The molecule has 0 unspecified atom stereocenters. The van der Waals surface area contributed by atoms with Gasteiger partial charge in [-0.25, -0.2) is 4.98 Å². The topological polar surface area (TPSA) is 53.6 Å². The summed E-state index contributed by atoms with van der Waals surface area (Å²) in [6.45, 7) is 2.08. The van der Waals surface area contributed by atoms with Gasteiger partial charge in [-0.3, -0.25) is 4.98 Å². The number of aryl methyl sites for hydroxylation is 1. The second-order valence-corrected chi connectivity index (χ2v) is 5.86. The van der Waals surface area contributed by atoms with Crippen LogP contribution < -0.4 is 5.32 Å². The fraction of sp³-hybridized carbons (Fsp3) is 0.0476. The normalized spacial score (nSPS) is 10.6. The number of benzene rings is 1. The molecule has 0 amide bonds. The van der Waals surface area contributed by atoms with E-state index in [2.05, 4.69) is 22.2 Å². The number of para-hydroxylation sites is 1. The van der Waals surface area contributed by atoms with E-state index >= 15 is 0 Å². The predicted octanol–water partition coefficient (Wildman–Crippen LogP) is 5.19. The van der Waals surface area contributed by atoms with Crippen molar-refractivity contribution in [2.45, 2.75) is 6.92 Å². The van der Waals surface area contributed by atoms with Crippen LogP contribution in [0.3, 0.4) is 0 Å². The maximum absolute atomic E-state index is 4.85. The molecule has 3 heterocycles. The molecule has 0 saturated carbocycles. The molecule has 0 radical (unpaired) electrons. The standard InChI is InChI=1S/C21H18N4/c1-15-13-23-21(24-17-8-3-2-4-9-17)20(15)19-11-5-10-18(25-19)16-7-6-12-22-14-16/h2-14,23-24H,1H3. The fourth-order valence-corrected chi connectivity index (χ4v) is 2.87. The molecule has 25 heavy (non-hydrogen) atoms. The largest absolute Gasteiger partial charge is 0.347 e. The van der Waals surface area contributed by atoms with Crippen LogP contribution >= 0.6 is 0 Å². The van der Waals surface area contributed by atoms with Crippen molar-refractivity contribution in [2.75, 3.05) is 5.32 Å². The first-order chi connectivity index (χ1) is 12.3. The number of rotatable bonds is 4. The first-order valence-electron chi connectivity index (χ1n) is 8.19. The van der Waals surface area contributed by atoms with Crippen LogP contribution in [0.5, 0.6) is 0 Å². The minimum absolute atomic E-state index is 0.914. The summed E-state index contributed by atoms with van der Waals surface area (Å²) in [5, 5.41) is 3.44. The zero-order valence-corrected chi connectivity index (χ0v) is 13.9. The average molecular weight is 326 g/mol. The van der Waals surface area contributed by atoms with Crippen molar-refractivity contribution in [3.05, 3.63) is 84.8 Å². The van der Waals surface area contributed by atoms with Crippen molar-refractivity contribution in [2.24, 2.45) is 0 Å². The van der Waals surface area contributed by atoms with E-state index in [1.54, 1.807) is 6.20 Å². The Balaban J connectivity index is 1.74. The van der Waals surface area contributed by atoms with Crippen LogP contribution in [-0.4, -0.2) is 15.0 Å². The van der Waals surface area contributed by atoms with Crippen LogP contribution in [0.2, 0.25) is 0 Å². The van der Waals surface area contributed by atoms with Crippen LogP contribution in [0.4, 0.5) is 11.5 Å². The molecule has 0 bridgehead atoms. The molecule has 0 fully saturated rings. The van der Waals surface area contributed by atoms with Gasteiger partial charge in [0.15, 0.2) is 0 Å². The maximum Gasteiger partial charge on any atom is 0.117 e. The van der Waals surface area contributed by atoms with Gasteiger partial charge in [-0.1, -0.05) is 24.3 Å². The second-order valence-electron chi connectivity index (χ2n) is 5.86. The van der Waals surface area contributed by atoms with E-state index < -0.39 is 0 Å². The Labute approximate surface area is 146 Å². The van der Waals surface area contributed by atoms with E-state index in [4.69, 9.17) is 4.98 Å².